The Morgan fingerprint density at radius 1 is 0.914 bits per heavy atom. The predicted molar refractivity (Wildman–Crippen MR) is 141 cm³/mol. The summed E-state index contributed by atoms with van der Waals surface area (Å²) in [6, 6.07) is 29.7. The number of pyridine rings is 1. The van der Waals surface area contributed by atoms with Gasteiger partial charge in [0, 0.05) is 11.8 Å². The second-order valence-electron chi connectivity index (χ2n) is 8.13. The fourth-order valence-corrected chi connectivity index (χ4v) is 4.89. The Kier molecular flexibility index (Phi) is 6.82. The number of thiazole rings is 1. The van der Waals surface area contributed by atoms with Crippen LogP contribution in [0.1, 0.15) is 34.1 Å². The van der Waals surface area contributed by atoms with Crippen molar-refractivity contribution in [3.05, 3.63) is 120 Å². The summed E-state index contributed by atoms with van der Waals surface area (Å²) in [7, 11) is 0. The fraction of sp³-hybridized carbons (Fsp3) is 0.138. The Morgan fingerprint density at radius 2 is 1.69 bits per heavy atom. The number of carbonyl (C=O) groups excluding carboxylic acids is 1. The highest BCUT2D eigenvalue weighted by Gasteiger charge is 2.22. The van der Waals surface area contributed by atoms with Crippen molar-refractivity contribution in [2.24, 2.45) is 0 Å². The molecular formula is C29H25N3O2S. The number of amides is 1. The third-order valence-corrected chi connectivity index (χ3v) is 6.68. The lowest BCUT2D eigenvalue weighted by Gasteiger charge is -2.20. The molecule has 5 nitrogen and oxygen atoms in total. The first-order valence-corrected chi connectivity index (χ1v) is 12.4. The SMILES string of the molecule is CCOc1ccc2nc(N(Cc3ccccn3)C(=O)c3ccc(Cc4ccccc4)cc3)sc2c1. The number of hydrogen-bond acceptors (Lipinski definition) is 5. The fourth-order valence-electron chi connectivity index (χ4n) is 3.90. The van der Waals surface area contributed by atoms with Crippen molar-refractivity contribution in [3.63, 3.8) is 0 Å². The van der Waals surface area contributed by atoms with Gasteiger partial charge in [0.15, 0.2) is 5.13 Å². The lowest BCUT2D eigenvalue weighted by molar-refractivity contribution is 0.0985. The molecule has 0 bridgehead atoms. The molecule has 174 valence electrons. The third-order valence-electron chi connectivity index (χ3n) is 5.63. The summed E-state index contributed by atoms with van der Waals surface area (Å²) >= 11 is 1.48. The maximum absolute atomic E-state index is 13.7. The smallest absolute Gasteiger partial charge is 0.260 e. The lowest BCUT2D eigenvalue weighted by Crippen LogP contribution is -2.30. The first-order valence-electron chi connectivity index (χ1n) is 11.6. The number of hydrogen-bond donors (Lipinski definition) is 0. The summed E-state index contributed by atoms with van der Waals surface area (Å²) in [5.74, 6) is 0.692. The Bertz CT molecular complexity index is 1420. The van der Waals surface area contributed by atoms with Gasteiger partial charge in [-0.25, -0.2) is 4.98 Å². The number of carbonyl (C=O) groups is 1. The quantitative estimate of drug-likeness (QED) is 0.254. The summed E-state index contributed by atoms with van der Waals surface area (Å²) in [5.41, 5.74) is 4.66. The van der Waals surface area contributed by atoms with Gasteiger partial charge in [-0.05, 0) is 66.9 Å². The third kappa shape index (κ3) is 5.39. The van der Waals surface area contributed by atoms with Crippen LogP contribution >= 0.6 is 11.3 Å². The summed E-state index contributed by atoms with van der Waals surface area (Å²) < 4.78 is 6.61. The van der Waals surface area contributed by atoms with Gasteiger partial charge in [-0.2, -0.15) is 0 Å². The number of fused-ring (bicyclic) bond motifs is 1. The molecule has 0 aliphatic heterocycles. The van der Waals surface area contributed by atoms with Crippen LogP contribution in [0.2, 0.25) is 0 Å². The van der Waals surface area contributed by atoms with Crippen LogP contribution in [0.15, 0.2) is 97.2 Å². The number of rotatable bonds is 8. The molecule has 0 saturated heterocycles. The van der Waals surface area contributed by atoms with E-state index in [4.69, 9.17) is 9.72 Å². The molecule has 0 unspecified atom stereocenters. The van der Waals surface area contributed by atoms with E-state index >= 15 is 0 Å². The van der Waals surface area contributed by atoms with Crippen LogP contribution in [0.25, 0.3) is 10.2 Å². The monoisotopic (exact) mass is 479 g/mol. The van der Waals surface area contributed by atoms with Gasteiger partial charge in [-0.1, -0.05) is 59.9 Å². The number of benzene rings is 3. The van der Waals surface area contributed by atoms with E-state index in [1.54, 1.807) is 11.1 Å². The number of aromatic nitrogens is 2. The zero-order chi connectivity index (χ0) is 24.0. The van der Waals surface area contributed by atoms with Crippen LogP contribution in [-0.2, 0) is 13.0 Å². The van der Waals surface area contributed by atoms with E-state index in [2.05, 4.69) is 17.1 Å². The van der Waals surface area contributed by atoms with Gasteiger partial charge in [-0.15, -0.1) is 0 Å². The molecule has 5 aromatic rings. The van der Waals surface area contributed by atoms with Gasteiger partial charge in [-0.3, -0.25) is 14.7 Å². The van der Waals surface area contributed by atoms with Gasteiger partial charge < -0.3 is 4.74 Å². The molecule has 0 atom stereocenters. The minimum Gasteiger partial charge on any atom is -0.494 e. The molecule has 0 aliphatic rings. The van der Waals surface area contributed by atoms with E-state index in [1.807, 2.05) is 85.8 Å². The van der Waals surface area contributed by atoms with E-state index < -0.39 is 0 Å². The Hall–Kier alpha value is -4.03. The number of nitrogens with zero attached hydrogens (tertiary/aromatic N) is 3. The van der Waals surface area contributed by atoms with Crippen molar-refractivity contribution < 1.29 is 9.53 Å². The molecule has 35 heavy (non-hydrogen) atoms. The zero-order valence-corrected chi connectivity index (χ0v) is 20.2. The van der Waals surface area contributed by atoms with Crippen molar-refractivity contribution >= 4 is 32.6 Å². The van der Waals surface area contributed by atoms with Crippen LogP contribution in [0, 0.1) is 0 Å². The molecule has 5 rings (SSSR count). The van der Waals surface area contributed by atoms with E-state index in [-0.39, 0.29) is 5.91 Å². The summed E-state index contributed by atoms with van der Waals surface area (Å²) in [6.45, 7) is 2.89. The Labute approximate surface area is 208 Å². The van der Waals surface area contributed by atoms with Gasteiger partial charge in [0.1, 0.15) is 5.75 Å². The van der Waals surface area contributed by atoms with Crippen molar-refractivity contribution in [3.8, 4) is 5.75 Å². The average molecular weight is 480 g/mol. The molecule has 0 radical (unpaired) electrons. The van der Waals surface area contributed by atoms with Crippen LogP contribution in [-0.4, -0.2) is 22.5 Å². The van der Waals surface area contributed by atoms with Gasteiger partial charge in [0.2, 0.25) is 0 Å². The molecule has 0 aliphatic carbocycles. The minimum atomic E-state index is -0.106. The predicted octanol–water partition coefficient (Wildman–Crippen LogP) is 6.53. The van der Waals surface area contributed by atoms with Crippen LogP contribution in [0.3, 0.4) is 0 Å². The summed E-state index contributed by atoms with van der Waals surface area (Å²) in [5, 5.41) is 0.637. The topological polar surface area (TPSA) is 55.3 Å². The first-order chi connectivity index (χ1) is 17.2. The van der Waals surface area contributed by atoms with Crippen LogP contribution < -0.4 is 9.64 Å². The van der Waals surface area contributed by atoms with Gasteiger partial charge >= 0.3 is 0 Å². The van der Waals surface area contributed by atoms with Gasteiger partial charge in [0.25, 0.3) is 5.91 Å². The highest BCUT2D eigenvalue weighted by atomic mass is 32.1. The maximum Gasteiger partial charge on any atom is 0.260 e. The number of anilines is 1. The second kappa shape index (κ2) is 10.5. The molecule has 2 heterocycles. The molecule has 0 spiro atoms. The Morgan fingerprint density at radius 3 is 2.43 bits per heavy atom. The van der Waals surface area contributed by atoms with E-state index in [1.165, 1.54) is 16.9 Å². The molecule has 6 heteroatoms. The zero-order valence-electron chi connectivity index (χ0n) is 19.4. The number of ether oxygens (including phenoxy) is 1. The minimum absolute atomic E-state index is 0.106. The molecular weight excluding hydrogens is 454 g/mol. The van der Waals surface area contributed by atoms with Crippen LogP contribution in [0.5, 0.6) is 5.75 Å². The summed E-state index contributed by atoms with van der Waals surface area (Å²) in [6.07, 6.45) is 2.57. The molecule has 3 aromatic carbocycles. The van der Waals surface area contributed by atoms with E-state index in [0.29, 0.717) is 23.8 Å². The molecule has 1 amide bonds. The lowest BCUT2D eigenvalue weighted by atomic mass is 10.0. The van der Waals surface area contributed by atoms with E-state index in [9.17, 15) is 4.79 Å². The van der Waals surface area contributed by atoms with Crippen molar-refractivity contribution in [1.29, 1.82) is 0 Å². The average Bonchev–Trinajstić information content (AvgIpc) is 3.32. The molecule has 2 aromatic heterocycles. The van der Waals surface area contributed by atoms with Crippen molar-refractivity contribution in [2.45, 2.75) is 19.9 Å². The van der Waals surface area contributed by atoms with Crippen molar-refractivity contribution in [2.75, 3.05) is 11.5 Å². The standard InChI is InChI=1S/C29H25N3O2S/c1-2-34-25-15-16-26-27(19-25)35-29(31-26)32(20-24-10-6-7-17-30-24)28(33)23-13-11-22(12-14-23)18-21-8-4-3-5-9-21/h3-17,19H,2,18,20H2,1H3. The van der Waals surface area contributed by atoms with E-state index in [0.717, 1.165) is 33.6 Å². The largest absolute Gasteiger partial charge is 0.494 e. The highest BCUT2D eigenvalue weighted by Crippen LogP contribution is 2.33. The maximum atomic E-state index is 13.7. The van der Waals surface area contributed by atoms with Crippen molar-refractivity contribution in [1.82, 2.24) is 9.97 Å². The summed E-state index contributed by atoms with van der Waals surface area (Å²) in [4.78, 5) is 24.6. The van der Waals surface area contributed by atoms with Crippen LogP contribution in [0.4, 0.5) is 5.13 Å². The molecule has 0 saturated carbocycles. The Balaban J connectivity index is 1.45. The molecule has 0 N–H and O–H groups in total. The van der Waals surface area contributed by atoms with Gasteiger partial charge in [0.05, 0.1) is 29.1 Å². The second-order valence-corrected chi connectivity index (χ2v) is 9.14. The normalized spacial score (nSPS) is 10.9. The molecule has 0 fully saturated rings. The highest BCUT2D eigenvalue weighted by molar-refractivity contribution is 7.22. The first kappa shape index (κ1) is 22.7.